The standard InChI is InChI=1S/C7H10O4.C3H7O3S.Na/c1-2-3-7(10)11-5-4-6(8)9;1-3(2)7(4,5)6;/h2-3H,4-5H2,1H3,(H,8,9);3H,1H2,2H3,(H,4,5,6);/q;-1;+1. The molecule has 0 aromatic heterocycles. The third kappa shape index (κ3) is 20.1. The van der Waals surface area contributed by atoms with Crippen LogP contribution in [-0.2, 0) is 24.4 Å². The van der Waals surface area contributed by atoms with Gasteiger partial charge < -0.3 is 16.8 Å². The van der Waals surface area contributed by atoms with Crippen molar-refractivity contribution in [2.45, 2.75) is 25.5 Å². The molecule has 0 aliphatic heterocycles. The van der Waals surface area contributed by atoms with E-state index < -0.39 is 27.3 Å². The van der Waals surface area contributed by atoms with E-state index in [-0.39, 0.29) is 42.6 Å². The normalized spacial score (nSPS) is 11.8. The zero-order chi connectivity index (χ0) is 14.8. The number of hydrogen-bond donors (Lipinski definition) is 2. The second kappa shape index (κ2) is 12.6. The summed E-state index contributed by atoms with van der Waals surface area (Å²) in [4.78, 5) is 20.5. The van der Waals surface area contributed by atoms with Crippen LogP contribution in [0.1, 0.15) is 20.3 Å². The molecule has 0 amide bonds. The average Bonchev–Trinajstić information content (AvgIpc) is 2.16. The van der Waals surface area contributed by atoms with Gasteiger partial charge in [-0.15, -0.1) is 0 Å². The van der Waals surface area contributed by atoms with Crippen LogP contribution in [-0.4, -0.2) is 41.9 Å². The van der Waals surface area contributed by atoms with Crippen LogP contribution in [0, 0.1) is 6.92 Å². The molecule has 0 bridgehead atoms. The topological polar surface area (TPSA) is 118 Å². The summed E-state index contributed by atoms with van der Waals surface area (Å²) in [5.74, 6) is -1.48. The van der Waals surface area contributed by atoms with Gasteiger partial charge in [0.25, 0.3) is 0 Å². The van der Waals surface area contributed by atoms with Crippen molar-refractivity contribution in [2.75, 3.05) is 6.61 Å². The number of hydrogen-bond acceptors (Lipinski definition) is 5. The maximum Gasteiger partial charge on any atom is 1.00 e. The van der Waals surface area contributed by atoms with Gasteiger partial charge in [0, 0.05) is 6.08 Å². The van der Waals surface area contributed by atoms with E-state index in [4.69, 9.17) is 9.66 Å². The van der Waals surface area contributed by atoms with E-state index in [1.54, 1.807) is 6.92 Å². The fraction of sp³-hybridized carbons (Fsp3) is 0.500. The Morgan fingerprint density at radius 3 is 2.11 bits per heavy atom. The Hall–Kier alpha value is -0.410. The smallest absolute Gasteiger partial charge is 0.481 e. The van der Waals surface area contributed by atoms with Crippen LogP contribution in [0.2, 0.25) is 0 Å². The summed E-state index contributed by atoms with van der Waals surface area (Å²) < 4.78 is 32.1. The molecule has 0 saturated carbocycles. The van der Waals surface area contributed by atoms with E-state index in [1.165, 1.54) is 19.1 Å². The molecule has 0 aromatic carbocycles. The summed E-state index contributed by atoms with van der Waals surface area (Å²) in [7, 11) is -3.85. The van der Waals surface area contributed by atoms with Gasteiger partial charge in [0.2, 0.25) is 10.1 Å². The largest absolute Gasteiger partial charge is 1.00 e. The van der Waals surface area contributed by atoms with E-state index in [0.717, 1.165) is 0 Å². The van der Waals surface area contributed by atoms with Crippen molar-refractivity contribution in [1.82, 2.24) is 0 Å². The number of esters is 1. The van der Waals surface area contributed by atoms with Crippen LogP contribution in [0.15, 0.2) is 12.2 Å². The molecule has 106 valence electrons. The number of rotatable bonds is 5. The van der Waals surface area contributed by atoms with Gasteiger partial charge >= 0.3 is 41.5 Å². The molecule has 2 N–H and O–H groups in total. The monoisotopic (exact) mass is 304 g/mol. The summed E-state index contributed by atoms with van der Waals surface area (Å²) in [6, 6.07) is 0. The Morgan fingerprint density at radius 1 is 1.42 bits per heavy atom. The van der Waals surface area contributed by atoms with Gasteiger partial charge in [-0.05, 0) is 12.2 Å². The Morgan fingerprint density at radius 2 is 1.84 bits per heavy atom. The molecule has 1 atom stereocenters. The van der Waals surface area contributed by atoms with Crippen molar-refractivity contribution >= 4 is 22.1 Å². The Labute approximate surface area is 135 Å². The molecular formula is C10H17NaO7S. The number of carbonyl (C=O) groups is 2. The summed E-state index contributed by atoms with van der Waals surface area (Å²) in [6.07, 6.45) is 2.62. The molecule has 19 heavy (non-hydrogen) atoms. The molecule has 0 spiro atoms. The van der Waals surface area contributed by atoms with E-state index in [9.17, 15) is 18.0 Å². The molecule has 1 unspecified atom stereocenters. The first-order valence-corrected chi connectivity index (χ1v) is 6.42. The average molecular weight is 304 g/mol. The molecule has 7 nitrogen and oxygen atoms in total. The Bertz CT molecular complexity index is 387. The molecule has 0 heterocycles. The van der Waals surface area contributed by atoms with Crippen LogP contribution in [0.5, 0.6) is 0 Å². The summed E-state index contributed by atoms with van der Waals surface area (Å²) in [5.41, 5.74) is 0. The number of ether oxygens (including phenoxy) is 1. The summed E-state index contributed by atoms with van der Waals surface area (Å²) >= 11 is 0. The summed E-state index contributed by atoms with van der Waals surface area (Å²) in [5, 5.41) is 7.22. The van der Waals surface area contributed by atoms with E-state index in [2.05, 4.69) is 11.7 Å². The van der Waals surface area contributed by atoms with Gasteiger partial charge in [0.1, 0.15) is 6.61 Å². The fourth-order valence-corrected chi connectivity index (χ4v) is 0.423. The first kappa shape index (κ1) is 23.7. The molecule has 9 heteroatoms. The third-order valence-corrected chi connectivity index (χ3v) is 2.39. The maximum atomic E-state index is 10.5. The minimum absolute atomic E-state index is 0. The second-order valence-electron chi connectivity index (χ2n) is 3.14. The molecule has 0 aliphatic rings. The Kier molecular flexibility index (Phi) is 15.7. The van der Waals surface area contributed by atoms with Crippen molar-refractivity contribution in [3.8, 4) is 0 Å². The van der Waals surface area contributed by atoms with Crippen LogP contribution in [0.25, 0.3) is 0 Å². The molecular weight excluding hydrogens is 287 g/mol. The number of carboxylic acid groups (broad SMARTS) is 1. The zero-order valence-electron chi connectivity index (χ0n) is 11.2. The van der Waals surface area contributed by atoms with Gasteiger partial charge in [-0.25, -0.2) is 13.2 Å². The van der Waals surface area contributed by atoms with E-state index >= 15 is 0 Å². The van der Waals surface area contributed by atoms with Gasteiger partial charge in [-0.1, -0.05) is 13.0 Å². The Balaban J connectivity index is -0.000000280. The van der Waals surface area contributed by atoms with E-state index in [0.29, 0.717) is 0 Å². The van der Waals surface area contributed by atoms with Crippen molar-refractivity contribution < 1.29 is 62.0 Å². The van der Waals surface area contributed by atoms with Crippen molar-refractivity contribution in [1.29, 1.82) is 0 Å². The van der Waals surface area contributed by atoms with Gasteiger partial charge in [0.05, 0.1) is 6.42 Å². The fourth-order valence-electron chi connectivity index (χ4n) is 0.423. The minimum Gasteiger partial charge on any atom is -0.481 e. The predicted molar refractivity (Wildman–Crippen MR) is 64.4 cm³/mol. The molecule has 0 fully saturated rings. The first-order valence-electron chi connectivity index (χ1n) is 4.91. The van der Waals surface area contributed by atoms with Crippen LogP contribution < -0.4 is 29.6 Å². The number of allylic oxidation sites excluding steroid dienone is 1. The van der Waals surface area contributed by atoms with Crippen molar-refractivity contribution in [3.63, 3.8) is 0 Å². The SMILES string of the molecule is CC=CC(=O)OCCC(=O)O.[CH2-]C(C)S(=O)(=O)O.[Na+]. The van der Waals surface area contributed by atoms with E-state index in [1.807, 2.05) is 0 Å². The number of carbonyl (C=O) groups excluding carboxylic acids is 1. The zero-order valence-corrected chi connectivity index (χ0v) is 14.0. The molecule has 0 aliphatic carbocycles. The van der Waals surface area contributed by atoms with Crippen LogP contribution >= 0.6 is 0 Å². The van der Waals surface area contributed by atoms with Crippen LogP contribution in [0.3, 0.4) is 0 Å². The second-order valence-corrected chi connectivity index (χ2v) is 4.97. The molecule has 0 radical (unpaired) electrons. The third-order valence-electron chi connectivity index (χ3n) is 1.37. The van der Waals surface area contributed by atoms with Gasteiger partial charge in [-0.2, -0.15) is 0 Å². The van der Waals surface area contributed by atoms with Crippen molar-refractivity contribution in [2.24, 2.45) is 0 Å². The maximum absolute atomic E-state index is 10.5. The molecule has 0 aromatic rings. The molecule has 0 saturated heterocycles. The molecule has 0 rings (SSSR count). The minimum atomic E-state index is -3.85. The predicted octanol–water partition coefficient (Wildman–Crippen LogP) is -2.32. The quantitative estimate of drug-likeness (QED) is 0.192. The van der Waals surface area contributed by atoms with Gasteiger partial charge in [0.15, 0.2) is 0 Å². The van der Waals surface area contributed by atoms with Crippen molar-refractivity contribution in [3.05, 3.63) is 19.1 Å². The number of carboxylic acids is 1. The van der Waals surface area contributed by atoms with Crippen LogP contribution in [0.4, 0.5) is 0 Å². The van der Waals surface area contributed by atoms with Gasteiger partial charge in [-0.3, -0.25) is 9.35 Å². The summed E-state index contributed by atoms with van der Waals surface area (Å²) in [6.45, 7) is 5.98. The number of aliphatic carboxylic acids is 1. The first-order chi connectivity index (χ1) is 8.11.